The number of phenols is 1. The first kappa shape index (κ1) is 8.32. The molecular weight excluding hydrogens is 180 g/mol. The maximum atomic E-state index is 9.50. The van der Waals surface area contributed by atoms with Crippen molar-refractivity contribution in [2.45, 2.75) is 6.92 Å². The van der Waals surface area contributed by atoms with E-state index in [0.29, 0.717) is 5.75 Å². The van der Waals surface area contributed by atoms with Crippen LogP contribution in [0.1, 0.15) is 5.56 Å². The van der Waals surface area contributed by atoms with Crippen LogP contribution in [0.4, 0.5) is 0 Å². The molecule has 0 bridgehead atoms. The highest BCUT2D eigenvalue weighted by Gasteiger charge is 2.01. The Morgan fingerprint density at radius 2 is 2.08 bits per heavy atom. The Labute approximate surface area is 81.3 Å². The number of phenolic OH excluding ortho intramolecular Hbond substituents is 1. The standard InChI is InChI=1S/C11H10OS/c1-8-4-5-9(7-10(8)12)11-3-2-6-13-11/h2-7,12H,1H3. The summed E-state index contributed by atoms with van der Waals surface area (Å²) in [7, 11) is 0. The van der Waals surface area contributed by atoms with E-state index in [9.17, 15) is 5.11 Å². The van der Waals surface area contributed by atoms with Crippen LogP contribution >= 0.6 is 11.3 Å². The maximum absolute atomic E-state index is 9.50. The van der Waals surface area contributed by atoms with Crippen LogP contribution in [0.15, 0.2) is 35.7 Å². The molecule has 0 aliphatic carbocycles. The number of aromatic hydroxyl groups is 1. The molecule has 2 aromatic rings. The van der Waals surface area contributed by atoms with Crippen molar-refractivity contribution in [3.05, 3.63) is 41.3 Å². The molecule has 1 aromatic heterocycles. The van der Waals surface area contributed by atoms with Gasteiger partial charge in [-0.2, -0.15) is 0 Å². The van der Waals surface area contributed by atoms with Crippen molar-refractivity contribution in [2.75, 3.05) is 0 Å². The molecule has 66 valence electrons. The molecule has 0 saturated heterocycles. The van der Waals surface area contributed by atoms with Crippen LogP contribution in [0.25, 0.3) is 10.4 Å². The summed E-state index contributed by atoms with van der Waals surface area (Å²) in [6.07, 6.45) is 0. The largest absolute Gasteiger partial charge is 0.508 e. The van der Waals surface area contributed by atoms with Gasteiger partial charge in [0.25, 0.3) is 0 Å². The first-order chi connectivity index (χ1) is 6.27. The van der Waals surface area contributed by atoms with E-state index >= 15 is 0 Å². The summed E-state index contributed by atoms with van der Waals surface area (Å²) < 4.78 is 0. The fourth-order valence-corrected chi connectivity index (χ4v) is 1.93. The number of hydrogen-bond donors (Lipinski definition) is 1. The number of benzene rings is 1. The summed E-state index contributed by atoms with van der Waals surface area (Å²) in [5, 5.41) is 11.5. The molecule has 0 fully saturated rings. The molecule has 0 saturated carbocycles. The predicted octanol–water partition coefficient (Wildman–Crippen LogP) is 3.43. The van der Waals surface area contributed by atoms with Crippen LogP contribution in [0.5, 0.6) is 5.75 Å². The molecule has 0 aliphatic heterocycles. The first-order valence-electron chi connectivity index (χ1n) is 4.11. The first-order valence-corrected chi connectivity index (χ1v) is 4.99. The zero-order valence-electron chi connectivity index (χ0n) is 7.32. The predicted molar refractivity (Wildman–Crippen MR) is 56.2 cm³/mol. The zero-order chi connectivity index (χ0) is 9.26. The minimum Gasteiger partial charge on any atom is -0.508 e. The van der Waals surface area contributed by atoms with Gasteiger partial charge in [-0.15, -0.1) is 11.3 Å². The number of aryl methyl sites for hydroxylation is 1. The van der Waals surface area contributed by atoms with Crippen LogP contribution in [0.2, 0.25) is 0 Å². The molecule has 2 heteroatoms. The SMILES string of the molecule is Cc1ccc(-c2cccs2)cc1O. The lowest BCUT2D eigenvalue weighted by Crippen LogP contribution is -1.76. The van der Waals surface area contributed by atoms with Gasteiger partial charge in [0.15, 0.2) is 0 Å². The van der Waals surface area contributed by atoms with Crippen LogP contribution in [0.3, 0.4) is 0 Å². The van der Waals surface area contributed by atoms with E-state index in [-0.39, 0.29) is 0 Å². The quantitative estimate of drug-likeness (QED) is 0.730. The van der Waals surface area contributed by atoms with Gasteiger partial charge in [-0.25, -0.2) is 0 Å². The van der Waals surface area contributed by atoms with Crippen molar-refractivity contribution in [3.8, 4) is 16.2 Å². The highest BCUT2D eigenvalue weighted by molar-refractivity contribution is 7.13. The molecule has 0 spiro atoms. The van der Waals surface area contributed by atoms with Gasteiger partial charge in [0.1, 0.15) is 5.75 Å². The molecule has 0 atom stereocenters. The van der Waals surface area contributed by atoms with E-state index in [1.165, 1.54) is 4.88 Å². The average molecular weight is 190 g/mol. The van der Waals surface area contributed by atoms with Gasteiger partial charge >= 0.3 is 0 Å². The Kier molecular flexibility index (Phi) is 2.07. The van der Waals surface area contributed by atoms with Crippen LogP contribution in [-0.4, -0.2) is 5.11 Å². The van der Waals surface area contributed by atoms with E-state index in [0.717, 1.165) is 11.1 Å². The van der Waals surface area contributed by atoms with Crippen molar-refractivity contribution in [3.63, 3.8) is 0 Å². The van der Waals surface area contributed by atoms with E-state index in [4.69, 9.17) is 0 Å². The van der Waals surface area contributed by atoms with E-state index in [1.54, 1.807) is 17.4 Å². The third-order valence-corrected chi connectivity index (χ3v) is 2.93. The van der Waals surface area contributed by atoms with E-state index in [1.807, 2.05) is 30.5 Å². The third-order valence-electron chi connectivity index (χ3n) is 2.01. The van der Waals surface area contributed by atoms with Gasteiger partial charge < -0.3 is 5.11 Å². The van der Waals surface area contributed by atoms with Crippen molar-refractivity contribution in [2.24, 2.45) is 0 Å². The summed E-state index contributed by atoms with van der Waals surface area (Å²) >= 11 is 1.68. The molecule has 13 heavy (non-hydrogen) atoms. The van der Waals surface area contributed by atoms with E-state index in [2.05, 4.69) is 6.07 Å². The van der Waals surface area contributed by atoms with Crippen molar-refractivity contribution in [1.29, 1.82) is 0 Å². The lowest BCUT2D eigenvalue weighted by Gasteiger charge is -2.01. The molecule has 0 unspecified atom stereocenters. The smallest absolute Gasteiger partial charge is 0.119 e. The van der Waals surface area contributed by atoms with Gasteiger partial charge in [0, 0.05) is 4.88 Å². The molecule has 1 heterocycles. The summed E-state index contributed by atoms with van der Waals surface area (Å²) in [6, 6.07) is 9.83. The molecule has 0 radical (unpaired) electrons. The monoisotopic (exact) mass is 190 g/mol. The number of hydrogen-bond acceptors (Lipinski definition) is 2. The van der Waals surface area contributed by atoms with Gasteiger partial charge in [-0.05, 0) is 35.6 Å². The van der Waals surface area contributed by atoms with Crippen LogP contribution in [0, 0.1) is 6.92 Å². The Morgan fingerprint density at radius 3 is 2.69 bits per heavy atom. The summed E-state index contributed by atoms with van der Waals surface area (Å²) in [6.45, 7) is 1.90. The fraction of sp³-hybridized carbons (Fsp3) is 0.0909. The second kappa shape index (κ2) is 3.23. The Hall–Kier alpha value is -1.28. The van der Waals surface area contributed by atoms with Crippen molar-refractivity contribution >= 4 is 11.3 Å². The Balaban J connectivity index is 2.49. The molecule has 1 nitrogen and oxygen atoms in total. The Morgan fingerprint density at radius 1 is 1.23 bits per heavy atom. The Bertz CT molecular complexity index is 404. The van der Waals surface area contributed by atoms with E-state index < -0.39 is 0 Å². The second-order valence-corrected chi connectivity index (χ2v) is 3.93. The lowest BCUT2D eigenvalue weighted by molar-refractivity contribution is 0.471. The highest BCUT2D eigenvalue weighted by Crippen LogP contribution is 2.28. The second-order valence-electron chi connectivity index (χ2n) is 2.98. The summed E-state index contributed by atoms with van der Waals surface area (Å²) in [5.41, 5.74) is 2.00. The minimum atomic E-state index is 0.367. The molecule has 2 rings (SSSR count). The highest BCUT2D eigenvalue weighted by atomic mass is 32.1. The van der Waals surface area contributed by atoms with Crippen molar-refractivity contribution in [1.82, 2.24) is 0 Å². The third kappa shape index (κ3) is 1.58. The topological polar surface area (TPSA) is 20.2 Å². The normalized spacial score (nSPS) is 10.2. The molecular formula is C11H10OS. The van der Waals surface area contributed by atoms with Gasteiger partial charge in [0.2, 0.25) is 0 Å². The molecule has 1 aromatic carbocycles. The minimum absolute atomic E-state index is 0.367. The summed E-state index contributed by atoms with van der Waals surface area (Å²) in [4.78, 5) is 1.19. The maximum Gasteiger partial charge on any atom is 0.119 e. The average Bonchev–Trinajstić information content (AvgIpc) is 2.62. The lowest BCUT2D eigenvalue weighted by atomic mass is 10.1. The van der Waals surface area contributed by atoms with Gasteiger partial charge in [-0.3, -0.25) is 0 Å². The number of thiophene rings is 1. The molecule has 0 aliphatic rings. The van der Waals surface area contributed by atoms with Gasteiger partial charge in [0.05, 0.1) is 0 Å². The van der Waals surface area contributed by atoms with Crippen LogP contribution < -0.4 is 0 Å². The van der Waals surface area contributed by atoms with Crippen LogP contribution in [-0.2, 0) is 0 Å². The fourth-order valence-electron chi connectivity index (χ4n) is 1.21. The van der Waals surface area contributed by atoms with Gasteiger partial charge in [-0.1, -0.05) is 18.2 Å². The molecule has 1 N–H and O–H groups in total. The molecule has 0 amide bonds. The zero-order valence-corrected chi connectivity index (χ0v) is 8.14. The number of rotatable bonds is 1. The van der Waals surface area contributed by atoms with Crippen molar-refractivity contribution < 1.29 is 5.11 Å². The summed E-state index contributed by atoms with van der Waals surface area (Å²) in [5.74, 6) is 0.367.